The van der Waals surface area contributed by atoms with Gasteiger partial charge in [-0.15, -0.1) is 0 Å². The van der Waals surface area contributed by atoms with Crippen molar-refractivity contribution in [3.8, 4) is 0 Å². The van der Waals surface area contributed by atoms with Crippen molar-refractivity contribution in [2.24, 2.45) is 0 Å². The molecule has 2 unspecified atom stereocenters. The molecule has 39 heavy (non-hydrogen) atoms. The van der Waals surface area contributed by atoms with Crippen molar-refractivity contribution in [1.29, 1.82) is 0 Å². The summed E-state index contributed by atoms with van der Waals surface area (Å²) in [5.74, 6) is 0.554. The lowest BCUT2D eigenvalue weighted by Crippen LogP contribution is -2.54. The Labute approximate surface area is 237 Å². The summed E-state index contributed by atoms with van der Waals surface area (Å²) in [6, 6.07) is 29.6. The Morgan fingerprint density at radius 2 is 1.62 bits per heavy atom. The normalized spacial score (nSPS) is 16.1. The summed E-state index contributed by atoms with van der Waals surface area (Å²) in [6.07, 6.45) is 10.5. The standard InChI is InChI=1S/C37H40BP/c1-7-10-17-26(4)32-23-22-27(5)37(28(32)6)38-33(16-8-2)35(9-3)39(31-20-12-11-13-21-31)36-25-30-19-15-14-18-29(30)24-34(36)38/h8-9,11-16,18-26H,3,7,10,17H2,1-2,4-6H3/b16-8-. The summed E-state index contributed by atoms with van der Waals surface area (Å²) in [4.78, 5) is 0. The molecule has 0 nitrogen and oxygen atoms in total. The van der Waals surface area contributed by atoms with Crippen LogP contribution in [0.25, 0.3) is 10.8 Å². The lowest BCUT2D eigenvalue weighted by Gasteiger charge is -2.36. The molecule has 0 bridgehead atoms. The minimum atomic E-state index is -0.724. The Kier molecular flexibility index (Phi) is 8.39. The Morgan fingerprint density at radius 3 is 2.28 bits per heavy atom. The highest BCUT2D eigenvalue weighted by atomic mass is 31.1. The van der Waals surface area contributed by atoms with Crippen molar-refractivity contribution in [2.45, 2.75) is 59.8 Å². The van der Waals surface area contributed by atoms with E-state index in [1.54, 1.807) is 0 Å². The first-order valence-electron chi connectivity index (χ1n) is 14.5. The van der Waals surface area contributed by atoms with Crippen LogP contribution in [0.4, 0.5) is 0 Å². The molecule has 0 aliphatic carbocycles. The monoisotopic (exact) mass is 526 g/mol. The summed E-state index contributed by atoms with van der Waals surface area (Å²) in [6.45, 7) is 16.1. The lowest BCUT2D eigenvalue weighted by molar-refractivity contribution is 0.622. The third kappa shape index (κ3) is 5.10. The Hall–Kier alpha value is -3.15. The predicted octanol–water partition coefficient (Wildman–Crippen LogP) is 8.36. The lowest BCUT2D eigenvalue weighted by atomic mass is 9.34. The molecule has 1 heterocycles. The second-order valence-electron chi connectivity index (χ2n) is 11.0. The smallest absolute Gasteiger partial charge is 0.0984 e. The summed E-state index contributed by atoms with van der Waals surface area (Å²) < 4.78 is 0. The maximum Gasteiger partial charge on any atom is 0.243 e. The zero-order valence-corrected chi connectivity index (χ0v) is 25.1. The zero-order valence-electron chi connectivity index (χ0n) is 24.2. The van der Waals surface area contributed by atoms with Gasteiger partial charge in [0.05, 0.1) is 0 Å². The van der Waals surface area contributed by atoms with Gasteiger partial charge in [0, 0.05) is 0 Å². The topological polar surface area (TPSA) is 0 Å². The van der Waals surface area contributed by atoms with Gasteiger partial charge < -0.3 is 0 Å². The molecule has 0 fully saturated rings. The molecular formula is C37H40BP. The van der Waals surface area contributed by atoms with Crippen LogP contribution in [-0.4, -0.2) is 6.71 Å². The van der Waals surface area contributed by atoms with E-state index in [4.69, 9.17) is 0 Å². The minimum Gasteiger partial charge on any atom is -0.0984 e. The van der Waals surface area contributed by atoms with Crippen molar-refractivity contribution >= 4 is 46.9 Å². The maximum absolute atomic E-state index is 4.40. The average Bonchev–Trinajstić information content (AvgIpc) is 2.96. The van der Waals surface area contributed by atoms with Crippen LogP contribution in [0.15, 0.2) is 114 Å². The average molecular weight is 527 g/mol. The molecule has 196 valence electrons. The zero-order chi connectivity index (χ0) is 27.5. The first-order valence-corrected chi connectivity index (χ1v) is 15.8. The van der Waals surface area contributed by atoms with E-state index < -0.39 is 7.92 Å². The highest BCUT2D eigenvalue weighted by Crippen LogP contribution is 2.48. The summed E-state index contributed by atoms with van der Waals surface area (Å²) in [5.41, 5.74) is 8.66. The van der Waals surface area contributed by atoms with E-state index in [0.717, 1.165) is 0 Å². The SMILES string of the molecule is C=CC1=C(/C=C\C)B(c2c(C)ccc(C(C)CCCC)c2C)c2cc3ccccc3cc2P1c1ccccc1. The fourth-order valence-corrected chi connectivity index (χ4v) is 9.16. The van der Waals surface area contributed by atoms with Crippen molar-refractivity contribution in [1.82, 2.24) is 0 Å². The number of aryl methyl sites for hydroxylation is 1. The summed E-state index contributed by atoms with van der Waals surface area (Å²) in [7, 11) is -0.724. The quantitative estimate of drug-likeness (QED) is 0.160. The van der Waals surface area contributed by atoms with Crippen LogP contribution in [-0.2, 0) is 0 Å². The van der Waals surface area contributed by atoms with Gasteiger partial charge in [0.15, 0.2) is 0 Å². The maximum atomic E-state index is 4.40. The van der Waals surface area contributed by atoms with E-state index in [-0.39, 0.29) is 6.71 Å². The van der Waals surface area contributed by atoms with Gasteiger partial charge in [-0.2, -0.15) is 0 Å². The number of benzene rings is 4. The molecule has 4 aromatic carbocycles. The van der Waals surface area contributed by atoms with Crippen molar-refractivity contribution in [3.05, 3.63) is 131 Å². The van der Waals surface area contributed by atoms with Crippen LogP contribution in [0.3, 0.4) is 0 Å². The van der Waals surface area contributed by atoms with Crippen molar-refractivity contribution in [3.63, 3.8) is 0 Å². The molecule has 2 atom stereocenters. The minimum absolute atomic E-state index is 0.176. The van der Waals surface area contributed by atoms with Gasteiger partial charge in [0.25, 0.3) is 0 Å². The van der Waals surface area contributed by atoms with E-state index in [0.29, 0.717) is 5.92 Å². The van der Waals surface area contributed by atoms with Gasteiger partial charge in [-0.1, -0.05) is 152 Å². The number of fused-ring (bicyclic) bond motifs is 2. The molecule has 0 aromatic heterocycles. The van der Waals surface area contributed by atoms with Crippen LogP contribution < -0.4 is 21.5 Å². The molecule has 1 aliphatic rings. The fourth-order valence-electron chi connectivity index (χ4n) is 6.51. The largest absolute Gasteiger partial charge is 0.243 e. The Morgan fingerprint density at radius 1 is 0.923 bits per heavy atom. The third-order valence-electron chi connectivity index (χ3n) is 8.43. The van der Waals surface area contributed by atoms with Crippen LogP contribution in [0.2, 0.25) is 0 Å². The molecule has 0 saturated heterocycles. The first-order chi connectivity index (χ1) is 19.0. The number of rotatable bonds is 8. The predicted molar refractivity (Wildman–Crippen MR) is 177 cm³/mol. The van der Waals surface area contributed by atoms with Crippen molar-refractivity contribution in [2.75, 3.05) is 0 Å². The Bertz CT molecular complexity index is 1560. The van der Waals surface area contributed by atoms with Crippen molar-refractivity contribution < 1.29 is 0 Å². The van der Waals surface area contributed by atoms with Gasteiger partial charge in [-0.3, -0.25) is 0 Å². The highest BCUT2D eigenvalue weighted by Gasteiger charge is 2.38. The second kappa shape index (κ2) is 11.9. The molecular weight excluding hydrogens is 486 g/mol. The Balaban J connectivity index is 1.85. The van der Waals surface area contributed by atoms with Crippen LogP contribution in [0.1, 0.15) is 62.6 Å². The van der Waals surface area contributed by atoms with Gasteiger partial charge in [-0.25, -0.2) is 0 Å². The number of hydrogen-bond acceptors (Lipinski definition) is 0. The number of hydrogen-bond donors (Lipinski definition) is 0. The second-order valence-corrected chi connectivity index (χ2v) is 13.1. The molecule has 5 rings (SSSR count). The summed E-state index contributed by atoms with van der Waals surface area (Å²) in [5, 5.41) is 6.85. The van der Waals surface area contributed by atoms with E-state index >= 15 is 0 Å². The van der Waals surface area contributed by atoms with Gasteiger partial charge >= 0.3 is 0 Å². The van der Waals surface area contributed by atoms with Crippen LogP contribution in [0.5, 0.6) is 0 Å². The molecule has 4 aromatic rings. The molecule has 0 radical (unpaired) electrons. The van der Waals surface area contributed by atoms with Crippen LogP contribution >= 0.6 is 7.92 Å². The molecule has 0 spiro atoms. The summed E-state index contributed by atoms with van der Waals surface area (Å²) >= 11 is 0. The van der Waals surface area contributed by atoms with Gasteiger partial charge in [-0.05, 0) is 79.4 Å². The van der Waals surface area contributed by atoms with E-state index in [9.17, 15) is 0 Å². The number of unbranched alkanes of at least 4 members (excludes halogenated alkanes) is 1. The molecule has 2 heteroatoms. The van der Waals surface area contributed by atoms with Crippen LogP contribution in [0, 0.1) is 13.8 Å². The van der Waals surface area contributed by atoms with E-state index in [2.05, 4.69) is 138 Å². The fraction of sp³-hybridized carbons (Fsp3) is 0.243. The molecule has 0 saturated carbocycles. The van der Waals surface area contributed by atoms with Gasteiger partial charge in [0.2, 0.25) is 6.71 Å². The molecule has 0 amide bonds. The first kappa shape index (κ1) is 27.4. The van der Waals surface area contributed by atoms with E-state index in [1.807, 2.05) is 0 Å². The molecule has 0 N–H and O–H groups in total. The van der Waals surface area contributed by atoms with Gasteiger partial charge in [0.1, 0.15) is 0 Å². The number of allylic oxidation sites excluding steroid dienone is 5. The third-order valence-corrected chi connectivity index (χ3v) is 11.0. The van der Waals surface area contributed by atoms with E-state index in [1.165, 1.54) is 79.0 Å². The highest BCUT2D eigenvalue weighted by molar-refractivity contribution is 7.78. The molecule has 1 aliphatic heterocycles.